The van der Waals surface area contributed by atoms with Gasteiger partial charge in [0.25, 0.3) is 0 Å². The smallest absolute Gasteiger partial charge is 0.406 e. The van der Waals surface area contributed by atoms with Crippen LogP contribution in [-0.2, 0) is 0 Å². The Hall–Kier alpha value is -1.56. The van der Waals surface area contributed by atoms with Crippen molar-refractivity contribution in [3.8, 4) is 5.75 Å². The number of nitrogens with zero attached hydrogens (tertiary/aromatic N) is 1. The zero-order valence-corrected chi connectivity index (χ0v) is 12.7. The number of hydrogen-bond donors (Lipinski definition) is 0. The standard InChI is InChI=1S/C15H13BrF3NO/c1-10(11-6-8-20-9-7-11)14(16)12-2-4-13(5-3-12)21-15(17,18)19/h2-10,14H,1H3. The third-order valence-corrected chi connectivity index (χ3v) is 4.42. The lowest BCUT2D eigenvalue weighted by molar-refractivity contribution is -0.274. The van der Waals surface area contributed by atoms with Gasteiger partial charge in [-0.1, -0.05) is 35.0 Å². The van der Waals surface area contributed by atoms with E-state index < -0.39 is 6.36 Å². The molecule has 0 saturated carbocycles. The molecule has 21 heavy (non-hydrogen) atoms. The highest BCUT2D eigenvalue weighted by Crippen LogP contribution is 2.38. The first-order valence-corrected chi connectivity index (χ1v) is 7.18. The van der Waals surface area contributed by atoms with Gasteiger partial charge in [0.05, 0.1) is 0 Å². The molecule has 1 aromatic carbocycles. The normalized spacial score (nSPS) is 14.5. The first kappa shape index (κ1) is 15.8. The summed E-state index contributed by atoms with van der Waals surface area (Å²) in [5, 5.41) is 0. The van der Waals surface area contributed by atoms with Gasteiger partial charge in [-0.25, -0.2) is 0 Å². The predicted octanol–water partition coefficient (Wildman–Crippen LogP) is 5.22. The van der Waals surface area contributed by atoms with Gasteiger partial charge in [-0.15, -0.1) is 13.2 Å². The predicted molar refractivity (Wildman–Crippen MR) is 77.4 cm³/mol. The summed E-state index contributed by atoms with van der Waals surface area (Å²) in [7, 11) is 0. The van der Waals surface area contributed by atoms with Crippen LogP contribution in [0.3, 0.4) is 0 Å². The van der Waals surface area contributed by atoms with E-state index in [1.54, 1.807) is 24.5 Å². The molecule has 6 heteroatoms. The fourth-order valence-corrected chi connectivity index (χ4v) is 2.59. The minimum atomic E-state index is -4.67. The number of pyridine rings is 1. The summed E-state index contributed by atoms with van der Waals surface area (Å²) in [5.74, 6) is -0.0649. The van der Waals surface area contributed by atoms with Gasteiger partial charge < -0.3 is 4.74 Å². The molecule has 2 atom stereocenters. The molecule has 0 amide bonds. The second kappa shape index (κ2) is 6.47. The van der Waals surface area contributed by atoms with Gasteiger partial charge in [0.1, 0.15) is 5.75 Å². The van der Waals surface area contributed by atoms with Crippen molar-refractivity contribution in [1.82, 2.24) is 4.98 Å². The molecule has 0 aliphatic heterocycles. The lowest BCUT2D eigenvalue weighted by Gasteiger charge is -2.19. The topological polar surface area (TPSA) is 22.1 Å². The zero-order valence-electron chi connectivity index (χ0n) is 11.1. The Bertz CT molecular complexity index is 572. The fourth-order valence-electron chi connectivity index (χ4n) is 1.98. The molecule has 2 unspecified atom stereocenters. The molecule has 0 N–H and O–H groups in total. The SMILES string of the molecule is CC(c1ccncc1)C(Br)c1ccc(OC(F)(F)F)cc1. The van der Waals surface area contributed by atoms with Crippen LogP contribution in [0.4, 0.5) is 13.2 Å². The van der Waals surface area contributed by atoms with E-state index in [0.717, 1.165) is 11.1 Å². The number of ether oxygens (including phenoxy) is 1. The number of alkyl halides is 4. The summed E-state index contributed by atoms with van der Waals surface area (Å²) in [6.07, 6.45) is -1.24. The average Bonchev–Trinajstić information content (AvgIpc) is 2.46. The van der Waals surface area contributed by atoms with Crippen molar-refractivity contribution in [1.29, 1.82) is 0 Å². The maximum absolute atomic E-state index is 12.1. The Morgan fingerprint density at radius 1 is 1.00 bits per heavy atom. The van der Waals surface area contributed by atoms with Gasteiger partial charge in [0.15, 0.2) is 0 Å². The Kier molecular flexibility index (Phi) is 4.88. The number of rotatable bonds is 4. The third kappa shape index (κ3) is 4.46. The Morgan fingerprint density at radius 2 is 1.57 bits per heavy atom. The lowest BCUT2D eigenvalue weighted by atomic mass is 9.94. The minimum Gasteiger partial charge on any atom is -0.406 e. The van der Waals surface area contributed by atoms with Gasteiger partial charge >= 0.3 is 6.36 Å². The lowest BCUT2D eigenvalue weighted by Crippen LogP contribution is -2.17. The molecule has 0 spiro atoms. The Balaban J connectivity index is 2.11. The number of hydrogen-bond acceptors (Lipinski definition) is 2. The summed E-state index contributed by atoms with van der Waals surface area (Å²) >= 11 is 3.59. The van der Waals surface area contributed by atoms with E-state index in [9.17, 15) is 13.2 Å². The van der Waals surface area contributed by atoms with E-state index in [1.165, 1.54) is 12.1 Å². The molecular weight excluding hydrogens is 347 g/mol. The summed E-state index contributed by atoms with van der Waals surface area (Å²) in [4.78, 5) is 3.95. The average molecular weight is 360 g/mol. The van der Waals surface area contributed by atoms with Crippen molar-refractivity contribution in [2.24, 2.45) is 0 Å². The maximum atomic E-state index is 12.1. The van der Waals surface area contributed by atoms with Crippen LogP contribution in [0.5, 0.6) is 5.75 Å². The van der Waals surface area contributed by atoms with Crippen LogP contribution in [-0.4, -0.2) is 11.3 Å². The Morgan fingerprint density at radius 3 is 2.10 bits per heavy atom. The van der Waals surface area contributed by atoms with Crippen LogP contribution in [0.2, 0.25) is 0 Å². The monoisotopic (exact) mass is 359 g/mol. The summed E-state index contributed by atoms with van der Waals surface area (Å²) < 4.78 is 40.2. The fraction of sp³-hybridized carbons (Fsp3) is 0.267. The first-order valence-electron chi connectivity index (χ1n) is 6.26. The maximum Gasteiger partial charge on any atom is 0.573 e. The molecule has 2 aromatic rings. The van der Waals surface area contributed by atoms with Crippen molar-refractivity contribution in [3.63, 3.8) is 0 Å². The van der Waals surface area contributed by atoms with Crippen molar-refractivity contribution in [3.05, 3.63) is 59.9 Å². The van der Waals surface area contributed by atoms with Crippen molar-refractivity contribution >= 4 is 15.9 Å². The summed E-state index contributed by atoms with van der Waals surface area (Å²) in [5.41, 5.74) is 1.98. The summed E-state index contributed by atoms with van der Waals surface area (Å²) in [6.45, 7) is 2.04. The molecule has 112 valence electrons. The van der Waals surface area contributed by atoms with Crippen LogP contribution < -0.4 is 4.74 Å². The highest BCUT2D eigenvalue weighted by molar-refractivity contribution is 9.09. The van der Waals surface area contributed by atoms with Crippen LogP contribution in [0, 0.1) is 0 Å². The minimum absolute atomic E-state index is 0.0140. The highest BCUT2D eigenvalue weighted by atomic mass is 79.9. The number of halogens is 4. The highest BCUT2D eigenvalue weighted by Gasteiger charge is 2.31. The Labute approximate surface area is 129 Å². The number of aromatic nitrogens is 1. The molecule has 2 rings (SSSR count). The van der Waals surface area contributed by atoms with E-state index in [1.807, 2.05) is 19.1 Å². The van der Waals surface area contributed by atoms with Crippen LogP contribution in [0.1, 0.15) is 28.8 Å². The van der Waals surface area contributed by atoms with E-state index in [4.69, 9.17) is 0 Å². The van der Waals surface area contributed by atoms with Crippen molar-refractivity contribution in [2.45, 2.75) is 24.0 Å². The van der Waals surface area contributed by atoms with E-state index in [2.05, 4.69) is 25.7 Å². The van der Waals surface area contributed by atoms with Crippen LogP contribution in [0.15, 0.2) is 48.8 Å². The van der Waals surface area contributed by atoms with Crippen molar-refractivity contribution < 1.29 is 17.9 Å². The van der Waals surface area contributed by atoms with Gasteiger partial charge in [0.2, 0.25) is 0 Å². The first-order chi connectivity index (χ1) is 9.87. The second-order valence-electron chi connectivity index (χ2n) is 4.59. The molecule has 1 heterocycles. The number of benzene rings is 1. The second-order valence-corrected chi connectivity index (χ2v) is 5.57. The molecule has 0 aliphatic rings. The molecule has 1 aromatic heterocycles. The molecular formula is C15H13BrF3NO. The molecule has 0 radical (unpaired) electrons. The van der Waals surface area contributed by atoms with Crippen molar-refractivity contribution in [2.75, 3.05) is 0 Å². The van der Waals surface area contributed by atoms with Gasteiger partial charge in [-0.2, -0.15) is 0 Å². The molecule has 0 fully saturated rings. The molecule has 2 nitrogen and oxygen atoms in total. The molecule has 0 saturated heterocycles. The zero-order chi connectivity index (χ0) is 15.5. The quantitative estimate of drug-likeness (QED) is 0.698. The van der Waals surface area contributed by atoms with Crippen LogP contribution in [0.25, 0.3) is 0 Å². The van der Waals surface area contributed by atoms with Gasteiger partial charge in [0, 0.05) is 17.2 Å². The van der Waals surface area contributed by atoms with Crippen LogP contribution >= 0.6 is 15.9 Å². The van der Waals surface area contributed by atoms with E-state index >= 15 is 0 Å². The van der Waals surface area contributed by atoms with Gasteiger partial charge in [-0.3, -0.25) is 4.98 Å². The van der Waals surface area contributed by atoms with Gasteiger partial charge in [-0.05, 0) is 41.3 Å². The summed E-state index contributed by atoms with van der Waals surface area (Å²) in [6, 6.07) is 9.71. The van der Waals surface area contributed by atoms with E-state index in [0.29, 0.717) is 0 Å². The molecule has 0 aliphatic carbocycles. The third-order valence-electron chi connectivity index (χ3n) is 3.10. The van der Waals surface area contributed by atoms with E-state index in [-0.39, 0.29) is 16.5 Å². The molecule has 0 bridgehead atoms. The largest absolute Gasteiger partial charge is 0.573 e.